The van der Waals surface area contributed by atoms with E-state index in [0.29, 0.717) is 0 Å². The van der Waals surface area contributed by atoms with E-state index in [0.717, 1.165) is 36.7 Å². The van der Waals surface area contributed by atoms with E-state index >= 15 is 0 Å². The van der Waals surface area contributed by atoms with Crippen molar-refractivity contribution >= 4 is 13.4 Å². The summed E-state index contributed by atoms with van der Waals surface area (Å²) in [6.07, 6.45) is 35.3. The van der Waals surface area contributed by atoms with Gasteiger partial charge >= 0.3 is 0 Å². The molecule has 0 aromatic rings. The first-order valence-electron chi connectivity index (χ1n) is 17.6. The standard InChI is InChI=1S/C36H64B2/c1-35(2,3)28-33(37(29-19-11-7-12-20-29)30-21-13-8-14-22-30)27-34(36(4,5)6)38(31-23-15-9-16-24-31)32-25-17-10-18-26-32/h27-32H,7-26H2,1-6H3/b33-28+,34-27+. The van der Waals surface area contributed by atoms with E-state index in [-0.39, 0.29) is 10.8 Å². The molecule has 4 aliphatic carbocycles. The molecule has 0 spiro atoms. The van der Waals surface area contributed by atoms with Gasteiger partial charge in [0.25, 0.3) is 0 Å². The zero-order chi connectivity index (χ0) is 27.2. The molecule has 4 aliphatic rings. The molecule has 0 aliphatic heterocycles. The first-order valence-corrected chi connectivity index (χ1v) is 17.6. The summed E-state index contributed by atoms with van der Waals surface area (Å²) in [6.45, 7) is 16.7. The van der Waals surface area contributed by atoms with Crippen molar-refractivity contribution in [2.24, 2.45) is 10.8 Å². The predicted octanol–water partition coefficient (Wildman–Crippen LogP) is 12.3. The Bertz CT molecular complexity index is 718. The lowest BCUT2D eigenvalue weighted by atomic mass is 9.23. The predicted molar refractivity (Wildman–Crippen MR) is 174 cm³/mol. The van der Waals surface area contributed by atoms with Gasteiger partial charge in [0.05, 0.1) is 0 Å². The molecule has 4 saturated carbocycles. The van der Waals surface area contributed by atoms with E-state index in [1.54, 1.807) is 5.47 Å². The van der Waals surface area contributed by atoms with E-state index in [9.17, 15) is 0 Å². The maximum atomic E-state index is 2.92. The molecule has 0 amide bonds. The van der Waals surface area contributed by atoms with Crippen molar-refractivity contribution in [3.05, 3.63) is 23.1 Å². The summed E-state index contributed by atoms with van der Waals surface area (Å²) in [4.78, 5) is 0. The van der Waals surface area contributed by atoms with Gasteiger partial charge in [0, 0.05) is 0 Å². The van der Waals surface area contributed by atoms with E-state index < -0.39 is 0 Å². The first kappa shape index (κ1) is 30.6. The topological polar surface area (TPSA) is 0 Å². The van der Waals surface area contributed by atoms with Crippen molar-refractivity contribution in [2.75, 3.05) is 0 Å². The highest BCUT2D eigenvalue weighted by molar-refractivity contribution is 6.73. The molecule has 0 nitrogen and oxygen atoms in total. The van der Waals surface area contributed by atoms with Crippen LogP contribution >= 0.6 is 0 Å². The van der Waals surface area contributed by atoms with Crippen molar-refractivity contribution in [2.45, 2.75) is 193 Å². The molecule has 0 aromatic carbocycles. The Balaban J connectivity index is 1.81. The summed E-state index contributed by atoms with van der Waals surface area (Å²) in [5.74, 6) is 3.69. The van der Waals surface area contributed by atoms with E-state index in [1.165, 1.54) is 128 Å². The largest absolute Gasteiger partial charge is 0.181 e. The minimum atomic E-state index is 0.238. The second-order valence-electron chi connectivity index (χ2n) is 16.5. The number of hydrogen-bond donors (Lipinski definition) is 0. The minimum Gasteiger partial charge on any atom is -0.0959 e. The SMILES string of the molecule is CC(C)(C)/C=C(\C=C(\B(C1CCCCC1)C1CCCCC1)C(C)(C)C)B(C1CCCCC1)C1CCCCC1. The van der Waals surface area contributed by atoms with E-state index in [1.807, 2.05) is 5.47 Å². The van der Waals surface area contributed by atoms with Crippen molar-refractivity contribution in [3.8, 4) is 0 Å². The molecule has 38 heavy (non-hydrogen) atoms. The number of rotatable bonds is 7. The molecule has 0 saturated heterocycles. The summed E-state index contributed by atoms with van der Waals surface area (Å²) in [7, 11) is 0. The molecule has 0 N–H and O–H groups in total. The van der Waals surface area contributed by atoms with Gasteiger partial charge in [-0.3, -0.25) is 0 Å². The lowest BCUT2D eigenvalue weighted by Crippen LogP contribution is -2.38. The van der Waals surface area contributed by atoms with Gasteiger partial charge in [-0.25, -0.2) is 0 Å². The minimum absolute atomic E-state index is 0.238. The molecule has 0 unspecified atom stereocenters. The molecule has 0 aromatic heterocycles. The molecule has 214 valence electrons. The van der Waals surface area contributed by atoms with Gasteiger partial charge in [0.2, 0.25) is 0 Å². The van der Waals surface area contributed by atoms with Gasteiger partial charge in [-0.1, -0.05) is 216 Å². The zero-order valence-corrected chi connectivity index (χ0v) is 26.8. The third-order valence-electron chi connectivity index (χ3n) is 11.2. The van der Waals surface area contributed by atoms with Crippen LogP contribution in [-0.2, 0) is 0 Å². The molecular formula is C36H64B2. The molecule has 0 atom stereocenters. The van der Waals surface area contributed by atoms with Gasteiger partial charge in [0.1, 0.15) is 0 Å². The maximum Gasteiger partial charge on any atom is 0.181 e. The average Bonchev–Trinajstić information content (AvgIpc) is 2.89. The van der Waals surface area contributed by atoms with E-state index in [4.69, 9.17) is 0 Å². The van der Waals surface area contributed by atoms with Crippen LogP contribution in [0.1, 0.15) is 170 Å². The highest BCUT2D eigenvalue weighted by atomic mass is 14.3. The van der Waals surface area contributed by atoms with Gasteiger partial charge in [0.15, 0.2) is 13.4 Å². The number of hydrogen-bond acceptors (Lipinski definition) is 0. The van der Waals surface area contributed by atoms with Crippen molar-refractivity contribution < 1.29 is 0 Å². The Labute approximate surface area is 240 Å². The fraction of sp³-hybridized carbons (Fsp3) is 0.889. The second kappa shape index (κ2) is 14.0. The average molecular weight is 519 g/mol. The third kappa shape index (κ3) is 8.56. The normalized spacial score (nSPS) is 25.0. The Morgan fingerprint density at radius 2 is 0.789 bits per heavy atom. The lowest BCUT2D eigenvalue weighted by molar-refractivity contribution is 0.450. The van der Waals surface area contributed by atoms with Crippen LogP contribution in [0.25, 0.3) is 0 Å². The first-order chi connectivity index (χ1) is 18.1. The second-order valence-corrected chi connectivity index (χ2v) is 16.5. The van der Waals surface area contributed by atoms with Crippen LogP contribution in [0, 0.1) is 10.8 Å². The maximum absolute atomic E-state index is 2.92. The molecule has 0 radical (unpaired) electrons. The van der Waals surface area contributed by atoms with Crippen molar-refractivity contribution in [3.63, 3.8) is 0 Å². The quantitative estimate of drug-likeness (QED) is 0.232. The van der Waals surface area contributed by atoms with Gasteiger partial charge in [-0.2, -0.15) is 0 Å². The van der Waals surface area contributed by atoms with Gasteiger partial charge in [-0.05, 0) is 10.8 Å². The van der Waals surface area contributed by atoms with Crippen LogP contribution in [0.3, 0.4) is 0 Å². The summed E-state index contributed by atoms with van der Waals surface area (Å²) in [5.41, 5.74) is 4.14. The number of allylic oxidation sites excluding steroid dienone is 4. The summed E-state index contributed by atoms with van der Waals surface area (Å²) < 4.78 is 0. The zero-order valence-electron chi connectivity index (χ0n) is 26.8. The molecule has 0 heterocycles. The van der Waals surface area contributed by atoms with Crippen LogP contribution < -0.4 is 0 Å². The van der Waals surface area contributed by atoms with Crippen LogP contribution in [0.5, 0.6) is 0 Å². The smallest absolute Gasteiger partial charge is 0.0959 e. The summed E-state index contributed by atoms with van der Waals surface area (Å²) >= 11 is 0. The molecule has 4 fully saturated rings. The highest BCUT2D eigenvalue weighted by Crippen LogP contribution is 2.50. The highest BCUT2D eigenvalue weighted by Gasteiger charge is 2.42. The van der Waals surface area contributed by atoms with E-state index in [2.05, 4.69) is 53.7 Å². The summed E-state index contributed by atoms with van der Waals surface area (Å²) in [5, 5.41) is 0. The van der Waals surface area contributed by atoms with Crippen molar-refractivity contribution in [1.29, 1.82) is 0 Å². The van der Waals surface area contributed by atoms with Crippen LogP contribution in [0.15, 0.2) is 23.1 Å². The van der Waals surface area contributed by atoms with Gasteiger partial charge < -0.3 is 0 Å². The molecule has 4 rings (SSSR count). The van der Waals surface area contributed by atoms with Crippen LogP contribution in [0.2, 0.25) is 23.3 Å². The van der Waals surface area contributed by atoms with Gasteiger partial charge in [-0.15, -0.1) is 0 Å². The molecule has 0 bridgehead atoms. The Morgan fingerprint density at radius 3 is 1.08 bits per heavy atom. The van der Waals surface area contributed by atoms with Crippen LogP contribution in [-0.4, -0.2) is 13.4 Å². The third-order valence-corrected chi connectivity index (χ3v) is 11.2. The Morgan fingerprint density at radius 1 is 0.474 bits per heavy atom. The van der Waals surface area contributed by atoms with Crippen LogP contribution in [0.4, 0.5) is 0 Å². The Hall–Kier alpha value is -0.390. The monoisotopic (exact) mass is 519 g/mol. The molecule has 2 heteroatoms. The molecular weight excluding hydrogens is 454 g/mol. The fourth-order valence-corrected chi connectivity index (χ4v) is 9.52. The fourth-order valence-electron chi connectivity index (χ4n) is 9.52. The lowest BCUT2D eigenvalue weighted by Gasteiger charge is -2.42. The summed E-state index contributed by atoms with van der Waals surface area (Å²) in [6, 6.07) is 0. The van der Waals surface area contributed by atoms with Crippen molar-refractivity contribution in [1.82, 2.24) is 0 Å². The Kier molecular flexibility index (Phi) is 11.3.